The fourth-order valence-corrected chi connectivity index (χ4v) is 1.38. The van der Waals surface area contributed by atoms with Gasteiger partial charge in [0.15, 0.2) is 5.82 Å². The fraction of sp³-hybridized carbons (Fsp3) is 0.273. The summed E-state index contributed by atoms with van der Waals surface area (Å²) < 4.78 is 18.2. The van der Waals surface area contributed by atoms with Crippen molar-refractivity contribution in [3.63, 3.8) is 0 Å². The largest absolute Gasteiger partial charge is 0.339 e. The Kier molecular flexibility index (Phi) is 2.76. The zero-order valence-electron chi connectivity index (χ0n) is 8.40. The van der Waals surface area contributed by atoms with E-state index in [9.17, 15) is 4.39 Å². The number of benzene rings is 1. The number of rotatable bonds is 3. The van der Waals surface area contributed by atoms with Crippen molar-refractivity contribution in [1.82, 2.24) is 10.1 Å². The molecule has 0 aliphatic carbocycles. The highest BCUT2D eigenvalue weighted by atomic mass is 19.1. The van der Waals surface area contributed by atoms with Gasteiger partial charge in [0.2, 0.25) is 5.89 Å². The molecular weight excluding hydrogens is 195 g/mol. The van der Waals surface area contributed by atoms with Crippen LogP contribution in [0.5, 0.6) is 0 Å². The zero-order chi connectivity index (χ0) is 10.7. The number of hydrogen-bond donors (Lipinski definition) is 0. The van der Waals surface area contributed by atoms with E-state index in [1.807, 2.05) is 6.07 Å². The lowest BCUT2D eigenvalue weighted by molar-refractivity contribution is 0.374. The lowest BCUT2D eigenvalue weighted by Gasteiger charge is -1.99. The summed E-state index contributed by atoms with van der Waals surface area (Å²) in [5, 5.41) is 3.67. The molecule has 0 N–H and O–H groups in total. The van der Waals surface area contributed by atoms with Gasteiger partial charge >= 0.3 is 0 Å². The predicted octanol–water partition coefficient (Wildman–Crippen LogP) is 2.30. The summed E-state index contributed by atoms with van der Waals surface area (Å²) in [6.45, 7) is 1.76. The maximum absolute atomic E-state index is 13.2. The Labute approximate surface area is 86.9 Å². The van der Waals surface area contributed by atoms with Crippen molar-refractivity contribution in [2.45, 2.75) is 19.8 Å². The first-order chi connectivity index (χ1) is 7.25. The highest BCUT2D eigenvalue weighted by Crippen LogP contribution is 2.09. The smallest absolute Gasteiger partial charge is 0.226 e. The minimum Gasteiger partial charge on any atom is -0.339 e. The van der Waals surface area contributed by atoms with Gasteiger partial charge < -0.3 is 4.52 Å². The van der Waals surface area contributed by atoms with Crippen LogP contribution in [0.15, 0.2) is 28.8 Å². The zero-order valence-corrected chi connectivity index (χ0v) is 8.40. The second-order valence-corrected chi connectivity index (χ2v) is 3.33. The van der Waals surface area contributed by atoms with Crippen LogP contribution in [0.1, 0.15) is 17.3 Å². The summed E-state index contributed by atoms with van der Waals surface area (Å²) in [5.41, 5.74) is 0.674. The van der Waals surface area contributed by atoms with Crippen molar-refractivity contribution in [2.75, 3.05) is 0 Å². The lowest BCUT2D eigenvalue weighted by Crippen LogP contribution is -1.94. The van der Waals surface area contributed by atoms with Crippen molar-refractivity contribution in [1.29, 1.82) is 0 Å². The number of aryl methyl sites for hydroxylation is 3. The molecule has 2 rings (SSSR count). The van der Waals surface area contributed by atoms with Gasteiger partial charge in [0.1, 0.15) is 5.82 Å². The first-order valence-electron chi connectivity index (χ1n) is 4.78. The van der Waals surface area contributed by atoms with Crippen LogP contribution in [0, 0.1) is 12.7 Å². The van der Waals surface area contributed by atoms with Crippen LogP contribution in [-0.4, -0.2) is 10.1 Å². The average molecular weight is 206 g/mol. The van der Waals surface area contributed by atoms with Gasteiger partial charge in [0, 0.05) is 6.42 Å². The molecule has 0 unspecified atom stereocenters. The molecule has 0 saturated heterocycles. The maximum Gasteiger partial charge on any atom is 0.226 e. The second-order valence-electron chi connectivity index (χ2n) is 3.33. The molecule has 0 aliphatic rings. The molecule has 15 heavy (non-hydrogen) atoms. The molecule has 4 heteroatoms. The minimum atomic E-state index is -0.186. The molecule has 0 saturated carbocycles. The number of nitrogens with zero attached hydrogens (tertiary/aromatic N) is 2. The molecule has 2 aromatic rings. The molecule has 0 atom stereocenters. The van der Waals surface area contributed by atoms with Gasteiger partial charge in [0.25, 0.3) is 0 Å². The van der Waals surface area contributed by atoms with E-state index >= 15 is 0 Å². The Morgan fingerprint density at radius 2 is 2.07 bits per heavy atom. The Morgan fingerprint density at radius 1 is 1.27 bits per heavy atom. The van der Waals surface area contributed by atoms with Crippen LogP contribution in [0.3, 0.4) is 0 Å². The molecule has 1 aromatic heterocycles. The van der Waals surface area contributed by atoms with Crippen LogP contribution in [-0.2, 0) is 12.8 Å². The third-order valence-electron chi connectivity index (χ3n) is 2.14. The van der Waals surface area contributed by atoms with Gasteiger partial charge in [0.05, 0.1) is 0 Å². The number of halogens is 1. The van der Waals surface area contributed by atoms with Crippen LogP contribution in [0.4, 0.5) is 4.39 Å². The molecule has 3 nitrogen and oxygen atoms in total. The average Bonchev–Trinajstić information content (AvgIpc) is 2.63. The van der Waals surface area contributed by atoms with Crippen LogP contribution in [0.2, 0.25) is 0 Å². The van der Waals surface area contributed by atoms with E-state index in [2.05, 4.69) is 10.1 Å². The topological polar surface area (TPSA) is 38.9 Å². The van der Waals surface area contributed by atoms with Gasteiger partial charge in [-0.2, -0.15) is 4.98 Å². The number of aromatic nitrogens is 2. The highest BCUT2D eigenvalue weighted by molar-refractivity contribution is 5.17. The highest BCUT2D eigenvalue weighted by Gasteiger charge is 2.05. The molecule has 78 valence electrons. The Hall–Kier alpha value is -1.71. The molecule has 1 heterocycles. The standard InChI is InChI=1S/C11H11FN2O/c1-8-13-11(15-14-8)7-6-9-4-2-3-5-10(9)12/h2-5H,6-7H2,1H3. The lowest BCUT2D eigenvalue weighted by atomic mass is 10.1. The Balaban J connectivity index is 2.02. The van der Waals surface area contributed by atoms with Gasteiger partial charge in [-0.3, -0.25) is 0 Å². The van der Waals surface area contributed by atoms with Gasteiger partial charge in [-0.15, -0.1) is 0 Å². The Bertz CT molecular complexity index is 453. The molecule has 1 aromatic carbocycles. The minimum absolute atomic E-state index is 0.186. The van der Waals surface area contributed by atoms with Crippen LogP contribution in [0.25, 0.3) is 0 Å². The summed E-state index contributed by atoms with van der Waals surface area (Å²) in [5.74, 6) is 0.975. The van der Waals surface area contributed by atoms with Gasteiger partial charge in [-0.1, -0.05) is 23.4 Å². The predicted molar refractivity (Wildman–Crippen MR) is 52.8 cm³/mol. The molecule has 0 bridgehead atoms. The van der Waals surface area contributed by atoms with Crippen molar-refractivity contribution in [3.05, 3.63) is 47.4 Å². The van der Waals surface area contributed by atoms with E-state index in [0.29, 0.717) is 30.1 Å². The first-order valence-corrected chi connectivity index (χ1v) is 4.78. The molecule has 0 amide bonds. The molecule has 0 aliphatic heterocycles. The summed E-state index contributed by atoms with van der Waals surface area (Å²) in [7, 11) is 0. The molecular formula is C11H11FN2O. The van der Waals surface area contributed by atoms with Gasteiger partial charge in [-0.25, -0.2) is 4.39 Å². The van der Waals surface area contributed by atoms with Crippen LogP contribution >= 0.6 is 0 Å². The van der Waals surface area contributed by atoms with Crippen molar-refractivity contribution in [3.8, 4) is 0 Å². The third-order valence-corrected chi connectivity index (χ3v) is 2.14. The summed E-state index contributed by atoms with van der Waals surface area (Å²) in [6, 6.07) is 6.71. The van der Waals surface area contributed by atoms with Crippen molar-refractivity contribution >= 4 is 0 Å². The monoisotopic (exact) mass is 206 g/mol. The van der Waals surface area contributed by atoms with E-state index < -0.39 is 0 Å². The molecule has 0 radical (unpaired) electrons. The van der Waals surface area contributed by atoms with E-state index in [4.69, 9.17) is 4.52 Å². The SMILES string of the molecule is Cc1noc(CCc2ccccc2F)n1. The summed E-state index contributed by atoms with van der Waals surface area (Å²) in [4.78, 5) is 4.06. The van der Waals surface area contributed by atoms with E-state index in [1.54, 1.807) is 19.1 Å². The van der Waals surface area contributed by atoms with E-state index in [0.717, 1.165) is 0 Å². The van der Waals surface area contributed by atoms with E-state index in [-0.39, 0.29) is 5.82 Å². The van der Waals surface area contributed by atoms with Crippen molar-refractivity contribution < 1.29 is 8.91 Å². The summed E-state index contributed by atoms with van der Waals surface area (Å²) in [6.07, 6.45) is 1.15. The molecule has 0 spiro atoms. The second kappa shape index (κ2) is 4.21. The number of hydrogen-bond acceptors (Lipinski definition) is 3. The molecule has 0 fully saturated rings. The van der Waals surface area contributed by atoms with Crippen molar-refractivity contribution in [2.24, 2.45) is 0 Å². The normalized spacial score (nSPS) is 10.5. The Morgan fingerprint density at radius 3 is 2.73 bits per heavy atom. The maximum atomic E-state index is 13.2. The summed E-state index contributed by atoms with van der Waals surface area (Å²) >= 11 is 0. The first kappa shape index (κ1) is 9.83. The van der Waals surface area contributed by atoms with Crippen LogP contribution < -0.4 is 0 Å². The quantitative estimate of drug-likeness (QED) is 0.773. The fourth-order valence-electron chi connectivity index (χ4n) is 1.38. The van der Waals surface area contributed by atoms with Gasteiger partial charge in [-0.05, 0) is 25.0 Å². The van der Waals surface area contributed by atoms with E-state index in [1.165, 1.54) is 6.07 Å². The third kappa shape index (κ3) is 2.40.